The lowest BCUT2D eigenvalue weighted by atomic mass is 10.1. The summed E-state index contributed by atoms with van der Waals surface area (Å²) in [6.45, 7) is 9.90. The third kappa shape index (κ3) is 4.44. The standard InChI is InChI=1S/C21H29N3/c1-18(2)12-13-22-19-8-10-21(11-9-19)24-16-14-23(15-17-24)20-6-4-3-5-7-20/h3-11,18,22H,12-17H2,1-2H3. The van der Waals surface area contributed by atoms with Gasteiger partial charge in [-0.05, 0) is 48.7 Å². The monoisotopic (exact) mass is 323 g/mol. The molecule has 3 nitrogen and oxygen atoms in total. The highest BCUT2D eigenvalue weighted by Crippen LogP contribution is 2.22. The molecule has 0 atom stereocenters. The Kier molecular flexibility index (Phi) is 5.63. The zero-order chi connectivity index (χ0) is 16.8. The van der Waals surface area contributed by atoms with Crippen molar-refractivity contribution in [3.05, 3.63) is 54.6 Å². The first kappa shape index (κ1) is 16.7. The molecule has 2 aromatic carbocycles. The Balaban J connectivity index is 1.51. The first-order valence-corrected chi connectivity index (χ1v) is 9.11. The molecule has 0 bridgehead atoms. The zero-order valence-electron chi connectivity index (χ0n) is 14.9. The summed E-state index contributed by atoms with van der Waals surface area (Å²) in [4.78, 5) is 4.95. The number of anilines is 3. The summed E-state index contributed by atoms with van der Waals surface area (Å²) in [5, 5.41) is 3.51. The van der Waals surface area contributed by atoms with Gasteiger partial charge in [-0.25, -0.2) is 0 Å². The summed E-state index contributed by atoms with van der Waals surface area (Å²) in [5.41, 5.74) is 3.89. The molecular weight excluding hydrogens is 294 g/mol. The SMILES string of the molecule is CC(C)CCNc1ccc(N2CCN(c3ccccc3)CC2)cc1. The maximum Gasteiger partial charge on any atom is 0.0368 e. The normalized spacial score (nSPS) is 15.0. The minimum absolute atomic E-state index is 0.748. The van der Waals surface area contributed by atoms with E-state index in [1.54, 1.807) is 0 Å². The first-order chi connectivity index (χ1) is 11.7. The van der Waals surface area contributed by atoms with Crippen LogP contribution in [-0.4, -0.2) is 32.7 Å². The molecule has 1 aliphatic rings. The lowest BCUT2D eigenvalue weighted by Gasteiger charge is -2.37. The van der Waals surface area contributed by atoms with Crippen molar-refractivity contribution in [3.63, 3.8) is 0 Å². The number of benzene rings is 2. The van der Waals surface area contributed by atoms with Crippen molar-refractivity contribution in [2.75, 3.05) is 47.8 Å². The van der Waals surface area contributed by atoms with Crippen molar-refractivity contribution in [2.45, 2.75) is 20.3 Å². The van der Waals surface area contributed by atoms with Crippen LogP contribution in [0.2, 0.25) is 0 Å². The van der Waals surface area contributed by atoms with E-state index >= 15 is 0 Å². The van der Waals surface area contributed by atoms with E-state index < -0.39 is 0 Å². The molecule has 3 rings (SSSR count). The van der Waals surface area contributed by atoms with E-state index in [1.165, 1.54) is 23.5 Å². The number of rotatable bonds is 6. The van der Waals surface area contributed by atoms with Crippen LogP contribution in [0.25, 0.3) is 0 Å². The van der Waals surface area contributed by atoms with Crippen LogP contribution in [-0.2, 0) is 0 Å². The predicted molar refractivity (Wildman–Crippen MR) is 105 cm³/mol. The number of para-hydroxylation sites is 1. The number of nitrogens with one attached hydrogen (secondary N) is 1. The van der Waals surface area contributed by atoms with Crippen LogP contribution in [0.4, 0.5) is 17.1 Å². The van der Waals surface area contributed by atoms with Crippen LogP contribution in [0.15, 0.2) is 54.6 Å². The van der Waals surface area contributed by atoms with Gasteiger partial charge >= 0.3 is 0 Å². The second kappa shape index (κ2) is 8.09. The Morgan fingerprint density at radius 3 is 1.88 bits per heavy atom. The fourth-order valence-electron chi connectivity index (χ4n) is 3.16. The van der Waals surface area contributed by atoms with Gasteiger partial charge in [0.2, 0.25) is 0 Å². The third-order valence-electron chi connectivity index (χ3n) is 4.68. The summed E-state index contributed by atoms with van der Waals surface area (Å²) < 4.78 is 0. The van der Waals surface area contributed by atoms with E-state index in [0.29, 0.717) is 0 Å². The van der Waals surface area contributed by atoms with Gasteiger partial charge < -0.3 is 15.1 Å². The molecule has 1 saturated heterocycles. The largest absolute Gasteiger partial charge is 0.385 e. The van der Waals surface area contributed by atoms with Crippen molar-refractivity contribution in [1.29, 1.82) is 0 Å². The molecule has 1 aliphatic heterocycles. The topological polar surface area (TPSA) is 18.5 Å². The number of hydrogen-bond acceptors (Lipinski definition) is 3. The molecule has 0 aromatic heterocycles. The zero-order valence-corrected chi connectivity index (χ0v) is 14.9. The predicted octanol–water partition coefficient (Wildman–Crippen LogP) is 4.47. The fraction of sp³-hybridized carbons (Fsp3) is 0.429. The van der Waals surface area contributed by atoms with Crippen molar-refractivity contribution >= 4 is 17.1 Å². The van der Waals surface area contributed by atoms with Crippen molar-refractivity contribution in [2.24, 2.45) is 5.92 Å². The van der Waals surface area contributed by atoms with Crippen molar-refractivity contribution in [1.82, 2.24) is 0 Å². The second-order valence-corrected chi connectivity index (χ2v) is 6.97. The Morgan fingerprint density at radius 1 is 0.792 bits per heavy atom. The first-order valence-electron chi connectivity index (χ1n) is 9.11. The van der Waals surface area contributed by atoms with E-state index in [-0.39, 0.29) is 0 Å². The van der Waals surface area contributed by atoms with Gasteiger partial charge in [0.25, 0.3) is 0 Å². The second-order valence-electron chi connectivity index (χ2n) is 6.97. The minimum atomic E-state index is 0.748. The lowest BCUT2D eigenvalue weighted by Crippen LogP contribution is -2.46. The summed E-state index contributed by atoms with van der Waals surface area (Å²) in [7, 11) is 0. The quantitative estimate of drug-likeness (QED) is 0.846. The Bertz CT molecular complexity index is 599. The molecule has 128 valence electrons. The number of hydrogen-bond donors (Lipinski definition) is 1. The molecule has 24 heavy (non-hydrogen) atoms. The third-order valence-corrected chi connectivity index (χ3v) is 4.68. The minimum Gasteiger partial charge on any atom is -0.385 e. The van der Waals surface area contributed by atoms with E-state index in [9.17, 15) is 0 Å². The van der Waals surface area contributed by atoms with Crippen LogP contribution < -0.4 is 15.1 Å². The molecule has 1 heterocycles. The maximum absolute atomic E-state index is 3.51. The van der Waals surface area contributed by atoms with Gasteiger partial charge in [0.05, 0.1) is 0 Å². The Labute approximate surface area is 146 Å². The average molecular weight is 323 g/mol. The summed E-state index contributed by atoms with van der Waals surface area (Å²) >= 11 is 0. The van der Waals surface area contributed by atoms with Crippen LogP contribution in [0.3, 0.4) is 0 Å². The van der Waals surface area contributed by atoms with Gasteiger partial charge in [0, 0.05) is 49.8 Å². The van der Waals surface area contributed by atoms with Gasteiger partial charge in [0.1, 0.15) is 0 Å². The molecule has 1 N–H and O–H groups in total. The van der Waals surface area contributed by atoms with E-state index in [0.717, 1.165) is 38.6 Å². The van der Waals surface area contributed by atoms with Crippen molar-refractivity contribution in [3.8, 4) is 0 Å². The summed E-state index contributed by atoms with van der Waals surface area (Å²) in [5.74, 6) is 0.748. The molecule has 0 amide bonds. The Morgan fingerprint density at radius 2 is 1.33 bits per heavy atom. The smallest absolute Gasteiger partial charge is 0.0368 e. The van der Waals surface area contributed by atoms with Gasteiger partial charge in [-0.2, -0.15) is 0 Å². The van der Waals surface area contributed by atoms with Crippen LogP contribution in [0.5, 0.6) is 0 Å². The highest BCUT2D eigenvalue weighted by Gasteiger charge is 2.17. The highest BCUT2D eigenvalue weighted by molar-refractivity contribution is 5.56. The van der Waals surface area contributed by atoms with Gasteiger partial charge in [-0.15, -0.1) is 0 Å². The molecule has 3 heteroatoms. The van der Waals surface area contributed by atoms with E-state index in [4.69, 9.17) is 0 Å². The maximum atomic E-state index is 3.51. The summed E-state index contributed by atoms with van der Waals surface area (Å²) in [6.07, 6.45) is 1.21. The van der Waals surface area contributed by atoms with Crippen LogP contribution >= 0.6 is 0 Å². The molecule has 0 radical (unpaired) electrons. The molecule has 0 spiro atoms. The van der Waals surface area contributed by atoms with Gasteiger partial charge in [-0.3, -0.25) is 0 Å². The van der Waals surface area contributed by atoms with E-state index in [1.807, 2.05) is 0 Å². The van der Waals surface area contributed by atoms with E-state index in [2.05, 4.69) is 83.6 Å². The molecule has 0 aliphatic carbocycles. The van der Waals surface area contributed by atoms with Crippen LogP contribution in [0, 0.1) is 5.92 Å². The number of nitrogens with zero attached hydrogens (tertiary/aromatic N) is 2. The van der Waals surface area contributed by atoms with Gasteiger partial charge in [-0.1, -0.05) is 32.0 Å². The molecular formula is C21H29N3. The van der Waals surface area contributed by atoms with Crippen LogP contribution in [0.1, 0.15) is 20.3 Å². The molecule has 0 saturated carbocycles. The molecule has 1 fully saturated rings. The molecule has 2 aromatic rings. The fourth-order valence-corrected chi connectivity index (χ4v) is 3.16. The molecule has 0 unspecified atom stereocenters. The van der Waals surface area contributed by atoms with Crippen molar-refractivity contribution < 1.29 is 0 Å². The Hall–Kier alpha value is -2.16. The van der Waals surface area contributed by atoms with Gasteiger partial charge in [0.15, 0.2) is 0 Å². The summed E-state index contributed by atoms with van der Waals surface area (Å²) in [6, 6.07) is 19.6. The average Bonchev–Trinajstić information content (AvgIpc) is 2.63. The highest BCUT2D eigenvalue weighted by atomic mass is 15.3. The lowest BCUT2D eigenvalue weighted by molar-refractivity contribution is 0.607. The number of piperazine rings is 1.